The Morgan fingerprint density at radius 3 is 2.39 bits per heavy atom. The smallest absolute Gasteiger partial charge is 0.0648 e. The maximum absolute atomic E-state index is 6.13. The third-order valence-electron chi connectivity index (χ3n) is 2.40. The summed E-state index contributed by atoms with van der Waals surface area (Å²) in [5, 5.41) is 4.69. The van der Waals surface area contributed by atoms with Crippen LogP contribution in [0.3, 0.4) is 0 Å². The lowest BCUT2D eigenvalue weighted by Crippen LogP contribution is -1.99. The monoisotopic (exact) mass is 407 g/mol. The average molecular weight is 410 g/mol. The van der Waals surface area contributed by atoms with Crippen LogP contribution in [0.2, 0.25) is 10.0 Å². The van der Waals surface area contributed by atoms with E-state index >= 15 is 0 Å². The van der Waals surface area contributed by atoms with Crippen LogP contribution in [0.1, 0.15) is 5.56 Å². The van der Waals surface area contributed by atoms with Gasteiger partial charge in [0.05, 0.1) is 15.7 Å². The molecule has 0 unspecified atom stereocenters. The van der Waals surface area contributed by atoms with E-state index in [4.69, 9.17) is 23.2 Å². The SMILES string of the molecule is Clc1ccc(CNc2ccc(Br)cc2Cl)cc1Br. The molecule has 1 N–H and O–H groups in total. The number of hydrogen-bond acceptors (Lipinski definition) is 1. The molecule has 0 radical (unpaired) electrons. The van der Waals surface area contributed by atoms with Gasteiger partial charge < -0.3 is 5.32 Å². The molecule has 2 rings (SSSR count). The lowest BCUT2D eigenvalue weighted by atomic mass is 10.2. The minimum absolute atomic E-state index is 0.692. The van der Waals surface area contributed by atoms with Crippen LogP contribution in [0.4, 0.5) is 5.69 Å². The summed E-state index contributed by atoms with van der Waals surface area (Å²) in [6.07, 6.45) is 0. The fourth-order valence-electron chi connectivity index (χ4n) is 1.48. The van der Waals surface area contributed by atoms with Crippen LogP contribution < -0.4 is 5.32 Å². The van der Waals surface area contributed by atoms with Gasteiger partial charge in [-0.15, -0.1) is 0 Å². The molecule has 2 aromatic rings. The minimum Gasteiger partial charge on any atom is -0.380 e. The lowest BCUT2D eigenvalue weighted by Gasteiger charge is -2.09. The Hall–Kier alpha value is -0.220. The predicted molar refractivity (Wildman–Crippen MR) is 85.6 cm³/mol. The molecule has 2 aromatic carbocycles. The molecule has 0 saturated carbocycles. The Kier molecular flexibility index (Phi) is 4.96. The second kappa shape index (κ2) is 6.29. The fraction of sp³-hybridized carbons (Fsp3) is 0.0769. The van der Waals surface area contributed by atoms with Gasteiger partial charge in [0, 0.05) is 15.5 Å². The van der Waals surface area contributed by atoms with Crippen molar-refractivity contribution >= 4 is 60.7 Å². The van der Waals surface area contributed by atoms with Crippen molar-refractivity contribution < 1.29 is 0 Å². The van der Waals surface area contributed by atoms with Crippen LogP contribution in [-0.2, 0) is 6.54 Å². The standard InChI is InChI=1S/C13H9Br2Cl2N/c14-9-2-4-13(12(17)6-9)18-7-8-1-3-11(16)10(15)5-8/h1-6,18H,7H2. The van der Waals surface area contributed by atoms with Gasteiger partial charge in [0.25, 0.3) is 0 Å². The van der Waals surface area contributed by atoms with E-state index in [0.717, 1.165) is 20.2 Å². The van der Waals surface area contributed by atoms with E-state index in [1.54, 1.807) is 0 Å². The molecule has 0 saturated heterocycles. The molecular weight excluding hydrogens is 401 g/mol. The van der Waals surface area contributed by atoms with Gasteiger partial charge in [0.15, 0.2) is 0 Å². The van der Waals surface area contributed by atoms with Crippen molar-refractivity contribution in [2.75, 3.05) is 5.32 Å². The van der Waals surface area contributed by atoms with E-state index in [-0.39, 0.29) is 0 Å². The molecule has 0 spiro atoms. The molecule has 0 atom stereocenters. The third-order valence-corrected chi connectivity index (χ3v) is 4.42. The van der Waals surface area contributed by atoms with Gasteiger partial charge in [-0.2, -0.15) is 0 Å². The Labute approximate surface area is 133 Å². The molecule has 0 aliphatic heterocycles. The van der Waals surface area contributed by atoms with Crippen molar-refractivity contribution in [2.45, 2.75) is 6.54 Å². The van der Waals surface area contributed by atoms with E-state index in [1.165, 1.54) is 0 Å². The van der Waals surface area contributed by atoms with Crippen molar-refractivity contribution in [1.82, 2.24) is 0 Å². The highest BCUT2D eigenvalue weighted by atomic mass is 79.9. The predicted octanol–water partition coefficient (Wildman–Crippen LogP) is 6.13. The van der Waals surface area contributed by atoms with Crippen LogP contribution in [-0.4, -0.2) is 0 Å². The van der Waals surface area contributed by atoms with Gasteiger partial charge in [-0.1, -0.05) is 45.2 Å². The van der Waals surface area contributed by atoms with Crippen molar-refractivity contribution in [2.24, 2.45) is 0 Å². The first-order valence-electron chi connectivity index (χ1n) is 5.19. The number of rotatable bonds is 3. The summed E-state index contributed by atoms with van der Waals surface area (Å²) < 4.78 is 1.86. The summed E-state index contributed by atoms with van der Waals surface area (Å²) in [6, 6.07) is 11.6. The van der Waals surface area contributed by atoms with Crippen LogP contribution >= 0.6 is 55.1 Å². The largest absolute Gasteiger partial charge is 0.380 e. The zero-order valence-electron chi connectivity index (χ0n) is 9.18. The first kappa shape index (κ1) is 14.2. The van der Waals surface area contributed by atoms with E-state index in [0.29, 0.717) is 16.6 Å². The van der Waals surface area contributed by atoms with E-state index < -0.39 is 0 Å². The Bertz CT molecular complexity index is 573. The van der Waals surface area contributed by atoms with E-state index in [2.05, 4.69) is 37.2 Å². The van der Waals surface area contributed by atoms with Gasteiger partial charge >= 0.3 is 0 Å². The zero-order valence-corrected chi connectivity index (χ0v) is 13.9. The van der Waals surface area contributed by atoms with Crippen molar-refractivity contribution in [1.29, 1.82) is 0 Å². The molecule has 0 aliphatic carbocycles. The second-order valence-corrected chi connectivity index (χ2v) is 6.31. The molecule has 0 amide bonds. The molecule has 18 heavy (non-hydrogen) atoms. The minimum atomic E-state index is 0.692. The molecule has 0 bridgehead atoms. The van der Waals surface area contributed by atoms with Crippen molar-refractivity contribution in [3.05, 3.63) is 61.0 Å². The molecule has 5 heteroatoms. The molecule has 0 heterocycles. The average Bonchev–Trinajstić information content (AvgIpc) is 2.32. The summed E-state index contributed by atoms with van der Waals surface area (Å²) in [7, 11) is 0. The molecule has 1 nitrogen and oxygen atoms in total. The van der Waals surface area contributed by atoms with Crippen LogP contribution in [0, 0.1) is 0 Å². The summed E-state index contributed by atoms with van der Waals surface area (Å²) >= 11 is 18.9. The summed E-state index contributed by atoms with van der Waals surface area (Å²) in [6.45, 7) is 0.692. The maximum atomic E-state index is 6.13. The number of benzene rings is 2. The Morgan fingerprint density at radius 1 is 0.944 bits per heavy atom. The summed E-state index contributed by atoms with van der Waals surface area (Å²) in [5.74, 6) is 0. The van der Waals surface area contributed by atoms with Gasteiger partial charge in [-0.05, 0) is 51.8 Å². The quantitative estimate of drug-likeness (QED) is 0.642. The van der Waals surface area contributed by atoms with E-state index in [9.17, 15) is 0 Å². The first-order valence-corrected chi connectivity index (χ1v) is 7.53. The molecule has 0 aromatic heterocycles. The highest BCUT2D eigenvalue weighted by Gasteiger charge is 2.02. The highest BCUT2D eigenvalue weighted by Crippen LogP contribution is 2.27. The number of halogens is 4. The maximum Gasteiger partial charge on any atom is 0.0648 e. The first-order chi connectivity index (χ1) is 8.56. The highest BCUT2D eigenvalue weighted by molar-refractivity contribution is 9.10. The zero-order chi connectivity index (χ0) is 13.1. The lowest BCUT2D eigenvalue weighted by molar-refractivity contribution is 1.15. The Morgan fingerprint density at radius 2 is 1.72 bits per heavy atom. The van der Waals surface area contributed by atoms with E-state index in [1.807, 2.05) is 36.4 Å². The summed E-state index contributed by atoms with van der Waals surface area (Å²) in [5.41, 5.74) is 2.04. The molecule has 0 aliphatic rings. The van der Waals surface area contributed by atoms with Gasteiger partial charge in [0.2, 0.25) is 0 Å². The van der Waals surface area contributed by atoms with Gasteiger partial charge in [-0.3, -0.25) is 0 Å². The molecule has 0 fully saturated rings. The van der Waals surface area contributed by atoms with Crippen LogP contribution in [0.25, 0.3) is 0 Å². The molecular formula is C13H9Br2Cl2N. The van der Waals surface area contributed by atoms with Crippen LogP contribution in [0.15, 0.2) is 45.3 Å². The van der Waals surface area contributed by atoms with Crippen LogP contribution in [0.5, 0.6) is 0 Å². The molecule has 94 valence electrons. The number of nitrogens with one attached hydrogen (secondary N) is 1. The Balaban J connectivity index is 2.09. The van der Waals surface area contributed by atoms with Gasteiger partial charge in [-0.25, -0.2) is 0 Å². The topological polar surface area (TPSA) is 12.0 Å². The fourth-order valence-corrected chi connectivity index (χ4v) is 2.76. The number of hydrogen-bond donors (Lipinski definition) is 1. The normalized spacial score (nSPS) is 10.4. The van der Waals surface area contributed by atoms with Crippen molar-refractivity contribution in [3.63, 3.8) is 0 Å². The second-order valence-electron chi connectivity index (χ2n) is 3.73. The van der Waals surface area contributed by atoms with Gasteiger partial charge in [0.1, 0.15) is 0 Å². The van der Waals surface area contributed by atoms with Crippen molar-refractivity contribution in [3.8, 4) is 0 Å². The number of anilines is 1. The summed E-state index contributed by atoms with van der Waals surface area (Å²) in [4.78, 5) is 0. The third kappa shape index (κ3) is 3.64.